The monoisotopic (exact) mass is 412 g/mol. The minimum absolute atomic E-state index is 0.213. The lowest BCUT2D eigenvalue weighted by Crippen LogP contribution is -2.22. The van der Waals surface area contributed by atoms with E-state index in [0.29, 0.717) is 16.3 Å². The number of carbonyl (C=O) groups excluding carboxylic acids is 3. The summed E-state index contributed by atoms with van der Waals surface area (Å²) in [5.41, 5.74) is 2.13. The lowest BCUT2D eigenvalue weighted by Gasteiger charge is -2.09. The van der Waals surface area contributed by atoms with Crippen molar-refractivity contribution in [2.24, 2.45) is 7.05 Å². The number of aromatic nitrogens is 1. The van der Waals surface area contributed by atoms with Crippen LogP contribution in [0.1, 0.15) is 27.8 Å². The van der Waals surface area contributed by atoms with Crippen molar-refractivity contribution >= 4 is 34.2 Å². The van der Waals surface area contributed by atoms with E-state index in [2.05, 4.69) is 5.32 Å². The summed E-state index contributed by atoms with van der Waals surface area (Å²) in [6.45, 7) is 1.46. The highest BCUT2D eigenvalue weighted by Gasteiger charge is 2.23. The van der Waals surface area contributed by atoms with Gasteiger partial charge >= 0.3 is 11.9 Å². The largest absolute Gasteiger partial charge is 0.462 e. The zero-order chi connectivity index (χ0) is 20.8. The highest BCUT2D eigenvalue weighted by molar-refractivity contribution is 7.15. The van der Waals surface area contributed by atoms with Crippen molar-refractivity contribution < 1.29 is 23.9 Å². The molecular weight excluding hydrogens is 392 g/mol. The van der Waals surface area contributed by atoms with E-state index >= 15 is 0 Å². The Labute approximate surface area is 171 Å². The predicted octanol–water partition coefficient (Wildman–Crippen LogP) is 3.73. The van der Waals surface area contributed by atoms with Crippen LogP contribution in [0.4, 0.5) is 5.00 Å². The number of nitrogens with zero attached hydrogens (tertiary/aromatic N) is 1. The Kier molecular flexibility index (Phi) is 6.46. The normalized spacial score (nSPS) is 10.4. The van der Waals surface area contributed by atoms with Crippen LogP contribution in [0.2, 0.25) is 0 Å². The molecule has 0 saturated heterocycles. The first kappa shape index (κ1) is 20.3. The van der Waals surface area contributed by atoms with Gasteiger partial charge in [-0.05, 0) is 24.6 Å². The Morgan fingerprint density at radius 1 is 1.03 bits per heavy atom. The number of nitrogens with one attached hydrogen (secondary N) is 1. The molecule has 0 aliphatic rings. The van der Waals surface area contributed by atoms with Crippen molar-refractivity contribution in [3.63, 3.8) is 0 Å². The second-order valence-electron chi connectivity index (χ2n) is 6.07. The standard InChI is InChI=1S/C21H20N2O5S/c1-3-27-21(26)18-15(14-8-5-4-6-9-14)13-29-19(18)22-17(24)12-28-20(25)16-10-7-11-23(16)2/h4-11,13H,3,12H2,1-2H3,(H,22,24). The van der Waals surface area contributed by atoms with Gasteiger partial charge in [0.05, 0.1) is 6.61 Å². The molecule has 0 bridgehead atoms. The number of aryl methyl sites for hydroxylation is 1. The third-order valence-electron chi connectivity index (χ3n) is 4.10. The number of hydrogen-bond acceptors (Lipinski definition) is 6. The second kappa shape index (κ2) is 9.20. The molecule has 0 saturated carbocycles. The third-order valence-corrected chi connectivity index (χ3v) is 4.99. The minimum atomic E-state index is -0.602. The minimum Gasteiger partial charge on any atom is -0.462 e. The van der Waals surface area contributed by atoms with Crippen LogP contribution < -0.4 is 5.32 Å². The molecule has 1 amide bonds. The van der Waals surface area contributed by atoms with Gasteiger partial charge < -0.3 is 19.4 Å². The highest BCUT2D eigenvalue weighted by Crippen LogP contribution is 2.36. The fourth-order valence-electron chi connectivity index (χ4n) is 2.73. The van der Waals surface area contributed by atoms with Gasteiger partial charge in [0.15, 0.2) is 6.61 Å². The van der Waals surface area contributed by atoms with Gasteiger partial charge in [-0.2, -0.15) is 0 Å². The quantitative estimate of drug-likeness (QED) is 0.598. The average molecular weight is 412 g/mol. The molecule has 1 aromatic carbocycles. The molecule has 0 aliphatic heterocycles. The summed E-state index contributed by atoms with van der Waals surface area (Å²) < 4.78 is 11.8. The van der Waals surface area contributed by atoms with Crippen LogP contribution in [-0.2, 0) is 21.3 Å². The maximum Gasteiger partial charge on any atom is 0.355 e. The van der Waals surface area contributed by atoms with Crippen LogP contribution in [0.3, 0.4) is 0 Å². The summed E-state index contributed by atoms with van der Waals surface area (Å²) in [6, 6.07) is 12.7. The lowest BCUT2D eigenvalue weighted by atomic mass is 10.0. The molecule has 8 heteroatoms. The molecule has 2 aromatic heterocycles. The van der Waals surface area contributed by atoms with Gasteiger partial charge in [-0.15, -0.1) is 11.3 Å². The van der Waals surface area contributed by atoms with Crippen LogP contribution in [0.25, 0.3) is 11.1 Å². The van der Waals surface area contributed by atoms with Gasteiger partial charge in [0.25, 0.3) is 5.91 Å². The number of amides is 1. The van der Waals surface area contributed by atoms with Crippen LogP contribution >= 0.6 is 11.3 Å². The van der Waals surface area contributed by atoms with Crippen molar-refractivity contribution in [3.05, 3.63) is 65.3 Å². The molecule has 29 heavy (non-hydrogen) atoms. The molecular formula is C21H20N2O5S. The molecule has 150 valence electrons. The number of ether oxygens (including phenoxy) is 2. The van der Waals surface area contributed by atoms with Gasteiger partial charge in [-0.1, -0.05) is 30.3 Å². The molecule has 3 aromatic rings. The molecule has 2 heterocycles. The van der Waals surface area contributed by atoms with Crippen molar-refractivity contribution in [1.29, 1.82) is 0 Å². The van der Waals surface area contributed by atoms with Crippen LogP contribution in [0, 0.1) is 0 Å². The summed E-state index contributed by atoms with van der Waals surface area (Å²) >= 11 is 1.21. The first-order valence-electron chi connectivity index (χ1n) is 8.93. The molecule has 0 aliphatic carbocycles. The zero-order valence-corrected chi connectivity index (χ0v) is 16.8. The van der Waals surface area contributed by atoms with Gasteiger partial charge in [0, 0.05) is 24.2 Å². The van der Waals surface area contributed by atoms with E-state index in [1.165, 1.54) is 11.3 Å². The number of esters is 2. The number of hydrogen-bond donors (Lipinski definition) is 1. The highest BCUT2D eigenvalue weighted by atomic mass is 32.1. The Morgan fingerprint density at radius 2 is 1.79 bits per heavy atom. The van der Waals surface area contributed by atoms with Gasteiger partial charge in [0.2, 0.25) is 0 Å². The SMILES string of the molecule is CCOC(=O)c1c(-c2ccccc2)csc1NC(=O)COC(=O)c1cccn1C. The molecule has 7 nitrogen and oxygen atoms in total. The molecule has 0 fully saturated rings. The summed E-state index contributed by atoms with van der Waals surface area (Å²) in [4.78, 5) is 36.9. The van der Waals surface area contributed by atoms with E-state index < -0.39 is 24.5 Å². The van der Waals surface area contributed by atoms with Crippen molar-refractivity contribution in [1.82, 2.24) is 4.57 Å². The number of benzene rings is 1. The number of carbonyl (C=O) groups is 3. The van der Waals surface area contributed by atoms with Crippen LogP contribution in [-0.4, -0.2) is 35.6 Å². The topological polar surface area (TPSA) is 86.6 Å². The van der Waals surface area contributed by atoms with Gasteiger partial charge in [-0.25, -0.2) is 9.59 Å². The van der Waals surface area contributed by atoms with E-state index in [1.807, 2.05) is 30.3 Å². The average Bonchev–Trinajstić information content (AvgIpc) is 3.33. The van der Waals surface area contributed by atoms with Crippen molar-refractivity contribution in [2.45, 2.75) is 6.92 Å². The van der Waals surface area contributed by atoms with Crippen molar-refractivity contribution in [3.8, 4) is 11.1 Å². The molecule has 0 spiro atoms. The summed E-state index contributed by atoms with van der Waals surface area (Å²) in [7, 11) is 1.71. The smallest absolute Gasteiger partial charge is 0.355 e. The molecule has 1 N–H and O–H groups in total. The van der Waals surface area contributed by atoms with Crippen LogP contribution in [0.15, 0.2) is 54.0 Å². The second-order valence-corrected chi connectivity index (χ2v) is 6.95. The first-order chi connectivity index (χ1) is 14.0. The molecule has 3 rings (SSSR count). The predicted molar refractivity (Wildman–Crippen MR) is 110 cm³/mol. The Balaban J connectivity index is 1.75. The van der Waals surface area contributed by atoms with Gasteiger partial charge in [-0.3, -0.25) is 4.79 Å². The number of anilines is 1. The summed E-state index contributed by atoms with van der Waals surface area (Å²) in [5, 5.41) is 4.78. The fourth-order valence-corrected chi connectivity index (χ4v) is 3.70. The maximum absolute atomic E-state index is 12.5. The molecule has 0 atom stereocenters. The van der Waals surface area contributed by atoms with E-state index in [-0.39, 0.29) is 12.2 Å². The van der Waals surface area contributed by atoms with E-state index in [4.69, 9.17) is 9.47 Å². The Morgan fingerprint density at radius 3 is 2.45 bits per heavy atom. The zero-order valence-electron chi connectivity index (χ0n) is 16.0. The van der Waals surface area contributed by atoms with Crippen LogP contribution in [0.5, 0.6) is 0 Å². The van der Waals surface area contributed by atoms with Crippen molar-refractivity contribution in [2.75, 3.05) is 18.5 Å². The maximum atomic E-state index is 12.5. The van der Waals surface area contributed by atoms with E-state index in [9.17, 15) is 14.4 Å². The Bertz CT molecular complexity index is 1020. The molecule has 0 radical (unpaired) electrons. The fraction of sp³-hybridized carbons (Fsp3) is 0.190. The number of rotatable bonds is 7. The molecule has 0 unspecified atom stereocenters. The first-order valence-corrected chi connectivity index (χ1v) is 9.81. The number of thiophene rings is 1. The van der Waals surface area contributed by atoms with E-state index in [1.54, 1.807) is 42.2 Å². The summed E-state index contributed by atoms with van der Waals surface area (Å²) in [5.74, 6) is -1.67. The third kappa shape index (κ3) is 4.72. The Hall–Kier alpha value is -3.39. The van der Waals surface area contributed by atoms with Gasteiger partial charge in [0.1, 0.15) is 16.3 Å². The summed E-state index contributed by atoms with van der Waals surface area (Å²) in [6.07, 6.45) is 1.71. The lowest BCUT2D eigenvalue weighted by molar-refractivity contribution is -0.119. The van der Waals surface area contributed by atoms with E-state index in [0.717, 1.165) is 5.56 Å².